The molecule has 0 aromatic heterocycles. The molecule has 0 heterocycles. The summed E-state index contributed by atoms with van der Waals surface area (Å²) < 4.78 is 32.4. The number of thioether (sulfide) groups is 1. The summed E-state index contributed by atoms with van der Waals surface area (Å²) in [5.41, 5.74) is 0.378. The number of nitrogens with zero attached hydrogens (tertiary/aromatic N) is 1. The summed E-state index contributed by atoms with van der Waals surface area (Å²) in [7, 11) is -2.68. The lowest BCUT2D eigenvalue weighted by Gasteiger charge is -2.23. The van der Waals surface area contributed by atoms with Gasteiger partial charge in [-0.05, 0) is 48.7 Å². The molecule has 0 atom stereocenters. The van der Waals surface area contributed by atoms with E-state index in [9.17, 15) is 13.2 Å². The summed E-state index contributed by atoms with van der Waals surface area (Å²) in [6.45, 7) is -0.403. The maximum atomic E-state index is 13.0. The molecule has 128 valence electrons. The summed E-state index contributed by atoms with van der Waals surface area (Å²) in [4.78, 5) is 12.8. The highest BCUT2D eigenvalue weighted by Gasteiger charge is 2.27. The molecule has 0 spiro atoms. The normalized spacial score (nSPS) is 11.1. The molecule has 0 fully saturated rings. The molecule has 0 aliphatic heterocycles. The lowest BCUT2D eigenvalue weighted by Crippen LogP contribution is -2.36. The van der Waals surface area contributed by atoms with Crippen LogP contribution in [0.5, 0.6) is 0 Å². The van der Waals surface area contributed by atoms with Crippen LogP contribution in [0, 0.1) is 0 Å². The van der Waals surface area contributed by atoms with Crippen molar-refractivity contribution in [1.29, 1.82) is 0 Å². The van der Waals surface area contributed by atoms with E-state index >= 15 is 0 Å². The van der Waals surface area contributed by atoms with Crippen LogP contribution < -0.4 is 4.31 Å². The number of benzene rings is 2. The number of rotatable bonds is 6. The zero-order valence-electron chi connectivity index (χ0n) is 13.1. The number of anilines is 1. The van der Waals surface area contributed by atoms with Gasteiger partial charge in [0.2, 0.25) is 0 Å². The Balaban J connectivity index is 2.49. The number of methoxy groups -OCH3 is 1. The van der Waals surface area contributed by atoms with E-state index in [0.29, 0.717) is 10.2 Å². The lowest BCUT2D eigenvalue weighted by atomic mass is 10.3. The van der Waals surface area contributed by atoms with E-state index in [1.165, 1.54) is 31.0 Å². The predicted octanol–water partition coefficient (Wildman–Crippen LogP) is 3.54. The van der Waals surface area contributed by atoms with Gasteiger partial charge in [0.15, 0.2) is 0 Å². The Morgan fingerprint density at radius 1 is 1.21 bits per heavy atom. The first kappa shape index (κ1) is 18.8. The Hall–Kier alpha value is -1.51. The Morgan fingerprint density at radius 3 is 2.42 bits per heavy atom. The fourth-order valence-corrected chi connectivity index (χ4v) is 4.20. The summed E-state index contributed by atoms with van der Waals surface area (Å²) in [5, 5.41) is 0. The van der Waals surface area contributed by atoms with Crippen LogP contribution in [0.4, 0.5) is 5.69 Å². The fourth-order valence-electron chi connectivity index (χ4n) is 2.00. The molecule has 8 heteroatoms. The van der Waals surface area contributed by atoms with Gasteiger partial charge in [0.1, 0.15) is 6.54 Å². The van der Waals surface area contributed by atoms with Gasteiger partial charge in [0.25, 0.3) is 10.0 Å². The first-order chi connectivity index (χ1) is 11.4. The molecule has 24 heavy (non-hydrogen) atoms. The van der Waals surface area contributed by atoms with E-state index in [-0.39, 0.29) is 4.90 Å². The number of carbonyl (C=O) groups is 1. The minimum absolute atomic E-state index is 0.115. The third kappa shape index (κ3) is 4.31. The molecule has 0 bridgehead atoms. The number of halogens is 1. The van der Waals surface area contributed by atoms with Gasteiger partial charge < -0.3 is 4.74 Å². The summed E-state index contributed by atoms with van der Waals surface area (Å²) in [6.07, 6.45) is 1.91. The maximum Gasteiger partial charge on any atom is 0.326 e. The zero-order chi connectivity index (χ0) is 17.7. The Labute approximate surface area is 154 Å². The largest absolute Gasteiger partial charge is 0.468 e. The van der Waals surface area contributed by atoms with Gasteiger partial charge >= 0.3 is 5.97 Å². The van der Waals surface area contributed by atoms with Gasteiger partial charge in [-0.25, -0.2) is 8.42 Å². The highest BCUT2D eigenvalue weighted by molar-refractivity contribution is 9.10. The number of esters is 1. The van der Waals surface area contributed by atoms with Crippen LogP contribution in [0.1, 0.15) is 0 Å². The molecule has 2 aromatic carbocycles. The Kier molecular flexibility index (Phi) is 6.31. The van der Waals surface area contributed by atoms with Crippen molar-refractivity contribution in [3.63, 3.8) is 0 Å². The van der Waals surface area contributed by atoms with E-state index < -0.39 is 22.5 Å². The topological polar surface area (TPSA) is 63.7 Å². The van der Waals surface area contributed by atoms with Crippen LogP contribution in [0.15, 0.2) is 62.8 Å². The molecule has 0 saturated heterocycles. The smallest absolute Gasteiger partial charge is 0.326 e. The van der Waals surface area contributed by atoms with E-state index in [1.807, 2.05) is 6.26 Å². The summed E-state index contributed by atoms with van der Waals surface area (Å²) >= 11 is 4.84. The van der Waals surface area contributed by atoms with Gasteiger partial charge in [-0.1, -0.05) is 22.0 Å². The molecule has 0 unspecified atom stereocenters. The monoisotopic (exact) mass is 429 g/mol. The molecule has 2 rings (SSSR count). The van der Waals surface area contributed by atoms with Crippen LogP contribution >= 0.6 is 27.7 Å². The van der Waals surface area contributed by atoms with Crippen molar-refractivity contribution in [2.75, 3.05) is 24.2 Å². The number of ether oxygens (including phenoxy) is 1. The van der Waals surface area contributed by atoms with Crippen molar-refractivity contribution in [3.8, 4) is 0 Å². The minimum Gasteiger partial charge on any atom is -0.468 e. The van der Waals surface area contributed by atoms with Crippen molar-refractivity contribution in [3.05, 3.63) is 53.0 Å². The second-order valence-corrected chi connectivity index (χ2v) is 8.40. The standard InChI is InChI=1S/C16H16BrNO4S2/c1-22-16(19)11-18(13-5-3-4-12(17)10-13)24(20,21)15-8-6-14(23-2)7-9-15/h3-10H,11H2,1-2H3. The van der Waals surface area contributed by atoms with E-state index in [4.69, 9.17) is 0 Å². The quantitative estimate of drug-likeness (QED) is 0.518. The number of sulfonamides is 1. The van der Waals surface area contributed by atoms with Gasteiger partial charge in [-0.15, -0.1) is 11.8 Å². The highest BCUT2D eigenvalue weighted by atomic mass is 79.9. The highest BCUT2D eigenvalue weighted by Crippen LogP contribution is 2.27. The molecule has 0 saturated carbocycles. The van der Waals surface area contributed by atoms with E-state index in [1.54, 1.807) is 36.4 Å². The molecular formula is C16H16BrNO4S2. The van der Waals surface area contributed by atoms with Crippen LogP contribution in [-0.2, 0) is 19.6 Å². The average molecular weight is 430 g/mol. The van der Waals surface area contributed by atoms with Crippen molar-refractivity contribution >= 4 is 49.4 Å². The number of hydrogen-bond acceptors (Lipinski definition) is 5. The molecule has 0 aliphatic rings. The summed E-state index contributed by atoms with van der Waals surface area (Å²) in [5.74, 6) is -0.640. The van der Waals surface area contributed by atoms with Crippen molar-refractivity contribution < 1.29 is 17.9 Å². The van der Waals surface area contributed by atoms with Crippen molar-refractivity contribution in [2.45, 2.75) is 9.79 Å². The molecule has 2 aromatic rings. The molecule has 0 N–H and O–H groups in total. The zero-order valence-corrected chi connectivity index (χ0v) is 16.3. The first-order valence-electron chi connectivity index (χ1n) is 6.87. The SMILES string of the molecule is COC(=O)CN(c1cccc(Br)c1)S(=O)(=O)c1ccc(SC)cc1. The fraction of sp³-hybridized carbons (Fsp3) is 0.188. The third-order valence-corrected chi connectivity index (χ3v) is 6.27. The number of carbonyl (C=O) groups excluding carboxylic acids is 1. The average Bonchev–Trinajstić information content (AvgIpc) is 2.59. The van der Waals surface area contributed by atoms with E-state index in [0.717, 1.165) is 9.20 Å². The van der Waals surface area contributed by atoms with Crippen molar-refractivity contribution in [2.24, 2.45) is 0 Å². The van der Waals surface area contributed by atoms with Crippen molar-refractivity contribution in [1.82, 2.24) is 0 Å². The van der Waals surface area contributed by atoms with Gasteiger partial charge in [-0.2, -0.15) is 0 Å². The van der Waals surface area contributed by atoms with Gasteiger partial charge in [0.05, 0.1) is 17.7 Å². The third-order valence-electron chi connectivity index (χ3n) is 3.24. The Morgan fingerprint density at radius 2 is 1.88 bits per heavy atom. The van der Waals surface area contributed by atoms with Gasteiger partial charge in [0, 0.05) is 9.37 Å². The molecule has 0 radical (unpaired) electrons. The van der Waals surface area contributed by atoms with Crippen LogP contribution in [0.25, 0.3) is 0 Å². The molecule has 5 nitrogen and oxygen atoms in total. The van der Waals surface area contributed by atoms with Gasteiger partial charge in [-0.3, -0.25) is 9.10 Å². The molecular weight excluding hydrogens is 414 g/mol. The second-order valence-electron chi connectivity index (χ2n) is 4.74. The predicted molar refractivity (Wildman–Crippen MR) is 98.9 cm³/mol. The first-order valence-corrected chi connectivity index (χ1v) is 10.3. The lowest BCUT2D eigenvalue weighted by molar-refractivity contribution is -0.138. The molecule has 0 amide bonds. The van der Waals surface area contributed by atoms with Crippen LogP contribution in [0.2, 0.25) is 0 Å². The minimum atomic E-state index is -3.90. The maximum absolute atomic E-state index is 13.0. The molecule has 0 aliphatic carbocycles. The van der Waals surface area contributed by atoms with Crippen LogP contribution in [0.3, 0.4) is 0 Å². The summed E-state index contributed by atoms with van der Waals surface area (Å²) in [6, 6.07) is 13.3. The van der Waals surface area contributed by atoms with E-state index in [2.05, 4.69) is 20.7 Å². The van der Waals surface area contributed by atoms with Crippen LogP contribution in [-0.4, -0.2) is 34.3 Å². The second kappa shape index (κ2) is 8.04. The Bertz CT molecular complexity index is 822. The number of hydrogen-bond donors (Lipinski definition) is 0.